The Hall–Kier alpha value is 0.537. The zero-order valence-corrected chi connectivity index (χ0v) is 16.1. The topological polar surface area (TPSA) is 0 Å². The van der Waals surface area contributed by atoms with Crippen molar-refractivity contribution in [2.75, 3.05) is 0 Å². The quantitative estimate of drug-likeness (QED) is 0.160. The maximum absolute atomic E-state index is 6.11. The molecule has 0 aliphatic heterocycles. The zero-order valence-electron chi connectivity index (χ0n) is 13.6. The van der Waals surface area contributed by atoms with Gasteiger partial charge in [-0.25, -0.2) is 0 Å². The number of allylic oxidation sites excluding steroid dienone is 2. The lowest BCUT2D eigenvalue weighted by Crippen LogP contribution is -2.11. The predicted molar refractivity (Wildman–Crippen MR) is 98.5 cm³/mol. The molecule has 2 aliphatic rings. The summed E-state index contributed by atoms with van der Waals surface area (Å²) in [5.74, 6) is 2.93. The third kappa shape index (κ3) is 7.10. The van der Waals surface area contributed by atoms with Crippen LogP contribution < -0.4 is 0 Å². The Morgan fingerprint density at radius 2 is 1.48 bits per heavy atom. The summed E-state index contributed by atoms with van der Waals surface area (Å²) >= 11 is 12.2. The Morgan fingerprint density at radius 3 is 2.00 bits per heavy atom. The van der Waals surface area contributed by atoms with Crippen LogP contribution in [0.4, 0.5) is 0 Å². The van der Waals surface area contributed by atoms with E-state index in [-0.39, 0.29) is 0 Å². The van der Waals surface area contributed by atoms with E-state index in [0.29, 0.717) is 0 Å². The van der Waals surface area contributed by atoms with Crippen LogP contribution in [0, 0.1) is 17.8 Å². The fourth-order valence-electron chi connectivity index (χ4n) is 4.13. The smallest absolute Gasteiger partial charge is 0.146 e. The molecule has 0 aromatic heterocycles. The average Bonchev–Trinajstić information content (AvgIpc) is 3.02. The molecule has 122 valence electrons. The highest BCUT2D eigenvalue weighted by molar-refractivity contribution is 7.44. The number of fused-ring (bicyclic) bond motifs is 2. The van der Waals surface area contributed by atoms with Gasteiger partial charge >= 0.3 is 0 Å². The standard InChI is InChI=1S/C18H32Cl2Si/c1-21(19,20)13-9-7-5-3-2-4-6-8-10-17-14-16-11-12-18(17)15-16/h11-12,16-18H,2-10,13-15H2,1H3. The van der Waals surface area contributed by atoms with Crippen LogP contribution in [0.25, 0.3) is 0 Å². The van der Waals surface area contributed by atoms with Crippen molar-refractivity contribution in [3.8, 4) is 0 Å². The number of halogens is 2. The van der Waals surface area contributed by atoms with Crippen molar-refractivity contribution >= 4 is 28.9 Å². The van der Waals surface area contributed by atoms with E-state index >= 15 is 0 Å². The summed E-state index contributed by atoms with van der Waals surface area (Å²) < 4.78 is 0. The summed E-state index contributed by atoms with van der Waals surface area (Å²) in [6.45, 7) is 0.207. The van der Waals surface area contributed by atoms with Gasteiger partial charge in [0, 0.05) is 0 Å². The van der Waals surface area contributed by atoms with Gasteiger partial charge in [-0.2, -0.15) is 0 Å². The van der Waals surface area contributed by atoms with Gasteiger partial charge in [0.25, 0.3) is 0 Å². The van der Waals surface area contributed by atoms with Crippen molar-refractivity contribution in [1.82, 2.24) is 0 Å². The van der Waals surface area contributed by atoms with Gasteiger partial charge < -0.3 is 0 Å². The van der Waals surface area contributed by atoms with Crippen LogP contribution in [-0.2, 0) is 0 Å². The molecule has 0 amide bonds. The molecule has 3 unspecified atom stereocenters. The second-order valence-corrected chi connectivity index (χ2v) is 15.7. The molecule has 2 bridgehead atoms. The Bertz CT molecular complexity index is 322. The molecular weight excluding hydrogens is 315 g/mol. The summed E-state index contributed by atoms with van der Waals surface area (Å²) in [5.41, 5.74) is 0. The van der Waals surface area contributed by atoms with Crippen LogP contribution in [-0.4, -0.2) is 6.69 Å². The molecule has 0 N–H and O–H groups in total. The fraction of sp³-hybridized carbons (Fsp3) is 0.889. The molecule has 3 heteroatoms. The first-order valence-electron chi connectivity index (χ1n) is 9.11. The zero-order chi connectivity index (χ0) is 15.1. The third-order valence-corrected chi connectivity index (χ3v) is 7.72. The van der Waals surface area contributed by atoms with Crippen LogP contribution >= 0.6 is 22.2 Å². The molecule has 21 heavy (non-hydrogen) atoms. The maximum atomic E-state index is 6.11. The lowest BCUT2D eigenvalue weighted by molar-refractivity contribution is 0.393. The predicted octanol–water partition coefficient (Wildman–Crippen LogP) is 7.26. The van der Waals surface area contributed by atoms with E-state index in [9.17, 15) is 0 Å². The van der Waals surface area contributed by atoms with Gasteiger partial charge in [0.1, 0.15) is 0 Å². The molecule has 0 aromatic carbocycles. The number of hydrogen-bond donors (Lipinski definition) is 0. The van der Waals surface area contributed by atoms with Gasteiger partial charge in [-0.3, -0.25) is 0 Å². The highest BCUT2D eigenvalue weighted by Crippen LogP contribution is 2.45. The summed E-state index contributed by atoms with van der Waals surface area (Å²) in [4.78, 5) is 0. The van der Waals surface area contributed by atoms with Crippen LogP contribution in [0.5, 0.6) is 0 Å². The Balaban J connectivity index is 1.34. The lowest BCUT2D eigenvalue weighted by atomic mass is 9.88. The van der Waals surface area contributed by atoms with Crippen LogP contribution in [0.3, 0.4) is 0 Å². The summed E-state index contributed by atoms with van der Waals surface area (Å²) in [5, 5.41) is 0. The minimum atomic E-state index is -1.82. The molecule has 0 heterocycles. The average molecular weight is 347 g/mol. The van der Waals surface area contributed by atoms with Gasteiger partial charge in [-0.05, 0) is 49.6 Å². The molecule has 0 radical (unpaired) electrons. The monoisotopic (exact) mass is 346 g/mol. The summed E-state index contributed by atoms with van der Waals surface area (Å²) in [7, 11) is 0. The summed E-state index contributed by atoms with van der Waals surface area (Å²) in [6.07, 6.45) is 20.5. The highest BCUT2D eigenvalue weighted by atomic mass is 35.7. The third-order valence-electron chi connectivity index (χ3n) is 5.36. The Labute approximate surface area is 142 Å². The molecule has 3 atom stereocenters. The van der Waals surface area contributed by atoms with Crippen LogP contribution in [0.2, 0.25) is 12.6 Å². The van der Waals surface area contributed by atoms with Gasteiger partial charge in [0.2, 0.25) is 6.69 Å². The van der Waals surface area contributed by atoms with E-state index in [1.54, 1.807) is 0 Å². The number of unbranched alkanes of at least 4 members (excludes halogenated alkanes) is 7. The Kier molecular flexibility index (Phi) is 7.65. The van der Waals surface area contributed by atoms with Gasteiger partial charge in [-0.1, -0.05) is 63.5 Å². The molecule has 1 fully saturated rings. The highest BCUT2D eigenvalue weighted by Gasteiger charge is 2.34. The van der Waals surface area contributed by atoms with Gasteiger partial charge in [-0.15, -0.1) is 22.2 Å². The van der Waals surface area contributed by atoms with E-state index in [0.717, 1.165) is 23.8 Å². The summed E-state index contributed by atoms with van der Waals surface area (Å²) in [6, 6.07) is 1.06. The minimum Gasteiger partial charge on any atom is -0.146 e. The second-order valence-electron chi connectivity index (χ2n) is 7.48. The number of hydrogen-bond acceptors (Lipinski definition) is 0. The van der Waals surface area contributed by atoms with Crippen molar-refractivity contribution in [3.63, 3.8) is 0 Å². The molecule has 1 saturated carbocycles. The van der Waals surface area contributed by atoms with E-state index in [1.165, 1.54) is 70.6 Å². The van der Waals surface area contributed by atoms with E-state index in [4.69, 9.17) is 22.2 Å². The first kappa shape index (κ1) is 17.9. The van der Waals surface area contributed by atoms with Crippen molar-refractivity contribution in [3.05, 3.63) is 12.2 Å². The number of rotatable bonds is 11. The maximum Gasteiger partial charge on any atom is 0.248 e. The first-order chi connectivity index (χ1) is 10.0. The second kappa shape index (κ2) is 8.98. The molecule has 0 saturated heterocycles. The SMILES string of the molecule is C[Si](Cl)(Cl)CCCCCCCCCCC1CC2C=CC1C2. The van der Waals surface area contributed by atoms with Crippen molar-refractivity contribution in [2.24, 2.45) is 17.8 Å². The van der Waals surface area contributed by atoms with Gasteiger partial charge in [0.05, 0.1) is 0 Å². The van der Waals surface area contributed by atoms with Gasteiger partial charge in [0.15, 0.2) is 0 Å². The van der Waals surface area contributed by atoms with Crippen LogP contribution in [0.15, 0.2) is 12.2 Å². The molecule has 2 aliphatic carbocycles. The van der Waals surface area contributed by atoms with Crippen LogP contribution in [0.1, 0.15) is 70.6 Å². The Morgan fingerprint density at radius 1 is 0.857 bits per heavy atom. The molecule has 0 spiro atoms. The largest absolute Gasteiger partial charge is 0.248 e. The molecule has 0 aromatic rings. The first-order valence-corrected chi connectivity index (χ1v) is 13.8. The molecule has 0 nitrogen and oxygen atoms in total. The lowest BCUT2D eigenvalue weighted by Gasteiger charge is -2.17. The molecular formula is C18H32Cl2Si. The van der Waals surface area contributed by atoms with Crippen molar-refractivity contribution in [1.29, 1.82) is 0 Å². The normalized spacial score (nSPS) is 27.7. The van der Waals surface area contributed by atoms with Crippen molar-refractivity contribution < 1.29 is 0 Å². The van der Waals surface area contributed by atoms with E-state index in [2.05, 4.69) is 12.2 Å². The van der Waals surface area contributed by atoms with E-state index in [1.807, 2.05) is 6.55 Å². The van der Waals surface area contributed by atoms with Crippen molar-refractivity contribution in [2.45, 2.75) is 83.2 Å². The fourth-order valence-corrected chi connectivity index (χ4v) is 5.80. The minimum absolute atomic E-state index is 0.950. The molecule has 2 rings (SSSR count). The van der Waals surface area contributed by atoms with E-state index < -0.39 is 6.69 Å².